The van der Waals surface area contributed by atoms with Crippen molar-refractivity contribution in [2.24, 2.45) is 0 Å². The van der Waals surface area contributed by atoms with Crippen LogP contribution in [-0.4, -0.2) is 13.1 Å². The van der Waals surface area contributed by atoms with Gasteiger partial charge in [-0.1, -0.05) is 0 Å². The van der Waals surface area contributed by atoms with Crippen LogP contribution in [0.15, 0.2) is 18.2 Å². The van der Waals surface area contributed by atoms with Gasteiger partial charge < -0.3 is 11.1 Å². The standard InChI is InChI=1S/C10H13FN2/c11-8-1-2-10(12)9(5-8)7-3-4-13-6-7/h1-2,5,7,13H,3-4,6,12H2/t7-/m0/s1. The van der Waals surface area contributed by atoms with Crippen LogP contribution in [0.4, 0.5) is 10.1 Å². The second-order valence-corrected chi connectivity index (χ2v) is 3.46. The molecule has 0 unspecified atom stereocenters. The summed E-state index contributed by atoms with van der Waals surface area (Å²) in [5, 5.41) is 3.24. The van der Waals surface area contributed by atoms with Gasteiger partial charge in [-0.05, 0) is 42.6 Å². The van der Waals surface area contributed by atoms with Crippen molar-refractivity contribution in [2.45, 2.75) is 12.3 Å². The molecular weight excluding hydrogens is 167 g/mol. The summed E-state index contributed by atoms with van der Waals surface area (Å²) >= 11 is 0. The highest BCUT2D eigenvalue weighted by atomic mass is 19.1. The Bertz CT molecular complexity index is 306. The van der Waals surface area contributed by atoms with Gasteiger partial charge in [-0.15, -0.1) is 0 Å². The summed E-state index contributed by atoms with van der Waals surface area (Å²) in [4.78, 5) is 0. The summed E-state index contributed by atoms with van der Waals surface area (Å²) in [7, 11) is 0. The average Bonchev–Trinajstić information content (AvgIpc) is 2.61. The van der Waals surface area contributed by atoms with Gasteiger partial charge in [-0.2, -0.15) is 0 Å². The number of halogens is 1. The Kier molecular flexibility index (Phi) is 2.19. The maximum absolute atomic E-state index is 12.9. The lowest BCUT2D eigenvalue weighted by Gasteiger charge is -2.11. The third kappa shape index (κ3) is 1.65. The van der Waals surface area contributed by atoms with E-state index in [0.29, 0.717) is 11.6 Å². The van der Waals surface area contributed by atoms with E-state index in [2.05, 4.69) is 5.32 Å². The molecule has 0 radical (unpaired) electrons. The molecule has 0 amide bonds. The van der Waals surface area contributed by atoms with E-state index in [9.17, 15) is 4.39 Å². The fraction of sp³-hybridized carbons (Fsp3) is 0.400. The van der Waals surface area contributed by atoms with Crippen LogP contribution in [0.25, 0.3) is 0 Å². The lowest BCUT2D eigenvalue weighted by Crippen LogP contribution is -2.09. The van der Waals surface area contributed by atoms with E-state index in [1.165, 1.54) is 6.07 Å². The Balaban J connectivity index is 2.32. The van der Waals surface area contributed by atoms with E-state index in [-0.39, 0.29) is 5.82 Å². The van der Waals surface area contributed by atoms with Gasteiger partial charge in [0.15, 0.2) is 0 Å². The minimum atomic E-state index is -0.198. The molecule has 0 spiro atoms. The van der Waals surface area contributed by atoms with Crippen LogP contribution in [0.2, 0.25) is 0 Å². The molecule has 70 valence electrons. The minimum Gasteiger partial charge on any atom is -0.398 e. The third-order valence-electron chi connectivity index (χ3n) is 2.55. The zero-order valence-corrected chi connectivity index (χ0v) is 7.39. The van der Waals surface area contributed by atoms with Crippen LogP contribution >= 0.6 is 0 Å². The first-order valence-corrected chi connectivity index (χ1v) is 4.53. The second-order valence-electron chi connectivity index (χ2n) is 3.46. The largest absolute Gasteiger partial charge is 0.398 e. The fourth-order valence-corrected chi connectivity index (χ4v) is 1.82. The second kappa shape index (κ2) is 3.34. The highest BCUT2D eigenvalue weighted by molar-refractivity contribution is 5.49. The number of nitrogens with two attached hydrogens (primary N) is 1. The first-order chi connectivity index (χ1) is 6.27. The number of rotatable bonds is 1. The van der Waals surface area contributed by atoms with Crippen molar-refractivity contribution >= 4 is 5.69 Å². The van der Waals surface area contributed by atoms with Gasteiger partial charge in [0.2, 0.25) is 0 Å². The van der Waals surface area contributed by atoms with E-state index >= 15 is 0 Å². The topological polar surface area (TPSA) is 38.0 Å². The minimum absolute atomic E-state index is 0.198. The molecule has 1 saturated heterocycles. The van der Waals surface area contributed by atoms with Crippen molar-refractivity contribution in [3.8, 4) is 0 Å². The zero-order chi connectivity index (χ0) is 9.26. The molecule has 1 heterocycles. The van der Waals surface area contributed by atoms with Crippen LogP contribution in [0.3, 0.4) is 0 Å². The third-order valence-corrected chi connectivity index (χ3v) is 2.55. The van der Waals surface area contributed by atoms with Crippen molar-refractivity contribution in [1.82, 2.24) is 5.32 Å². The molecule has 1 aliphatic heterocycles. The molecule has 3 N–H and O–H groups in total. The Morgan fingerprint density at radius 1 is 1.46 bits per heavy atom. The summed E-state index contributed by atoms with van der Waals surface area (Å²) in [6, 6.07) is 4.59. The number of nitrogen functional groups attached to an aromatic ring is 1. The molecule has 13 heavy (non-hydrogen) atoms. The smallest absolute Gasteiger partial charge is 0.123 e. The van der Waals surface area contributed by atoms with Crippen molar-refractivity contribution in [2.75, 3.05) is 18.8 Å². The molecule has 1 fully saturated rings. The number of nitrogens with one attached hydrogen (secondary N) is 1. The van der Waals surface area contributed by atoms with Crippen LogP contribution in [0.5, 0.6) is 0 Å². The molecule has 0 aromatic heterocycles. The summed E-state index contributed by atoms with van der Waals surface area (Å²) in [5.74, 6) is 0.187. The van der Waals surface area contributed by atoms with Crippen molar-refractivity contribution in [3.63, 3.8) is 0 Å². The maximum atomic E-state index is 12.9. The first kappa shape index (κ1) is 8.51. The molecule has 1 aromatic rings. The van der Waals surface area contributed by atoms with Crippen LogP contribution in [0.1, 0.15) is 17.9 Å². The quantitative estimate of drug-likeness (QED) is 0.642. The van der Waals surface area contributed by atoms with Crippen LogP contribution < -0.4 is 11.1 Å². The predicted molar refractivity (Wildman–Crippen MR) is 51.0 cm³/mol. The van der Waals surface area contributed by atoms with E-state index < -0.39 is 0 Å². The summed E-state index contributed by atoms with van der Waals surface area (Å²) in [5.41, 5.74) is 7.43. The van der Waals surface area contributed by atoms with E-state index in [1.807, 2.05) is 0 Å². The van der Waals surface area contributed by atoms with E-state index in [4.69, 9.17) is 5.73 Å². The van der Waals surface area contributed by atoms with Crippen molar-refractivity contribution in [3.05, 3.63) is 29.6 Å². The van der Waals surface area contributed by atoms with Gasteiger partial charge >= 0.3 is 0 Å². The number of hydrogen-bond donors (Lipinski definition) is 2. The number of anilines is 1. The first-order valence-electron chi connectivity index (χ1n) is 4.53. The molecule has 0 aliphatic carbocycles. The molecule has 1 aliphatic rings. The molecule has 1 aromatic carbocycles. The number of hydrogen-bond acceptors (Lipinski definition) is 2. The van der Waals surface area contributed by atoms with Crippen molar-refractivity contribution in [1.29, 1.82) is 0 Å². The van der Waals surface area contributed by atoms with Gasteiger partial charge in [0, 0.05) is 12.2 Å². The van der Waals surface area contributed by atoms with Gasteiger partial charge in [0.1, 0.15) is 5.82 Å². The fourth-order valence-electron chi connectivity index (χ4n) is 1.82. The summed E-state index contributed by atoms with van der Waals surface area (Å²) < 4.78 is 12.9. The SMILES string of the molecule is Nc1ccc(F)cc1[C@H]1CCNC1. The summed E-state index contributed by atoms with van der Waals surface area (Å²) in [6.07, 6.45) is 1.05. The van der Waals surface area contributed by atoms with E-state index in [0.717, 1.165) is 25.1 Å². The molecular formula is C10H13FN2. The normalized spacial score (nSPS) is 22.1. The Morgan fingerprint density at radius 3 is 3.00 bits per heavy atom. The lowest BCUT2D eigenvalue weighted by atomic mass is 9.97. The molecule has 0 saturated carbocycles. The summed E-state index contributed by atoms with van der Waals surface area (Å²) in [6.45, 7) is 1.91. The molecule has 1 atom stereocenters. The molecule has 3 heteroatoms. The Morgan fingerprint density at radius 2 is 2.31 bits per heavy atom. The highest BCUT2D eigenvalue weighted by Crippen LogP contribution is 2.27. The zero-order valence-electron chi connectivity index (χ0n) is 7.39. The molecule has 2 nitrogen and oxygen atoms in total. The predicted octanol–water partition coefficient (Wildman–Crippen LogP) is 1.48. The highest BCUT2D eigenvalue weighted by Gasteiger charge is 2.18. The Labute approximate surface area is 76.9 Å². The monoisotopic (exact) mass is 180 g/mol. The van der Waals surface area contributed by atoms with Crippen LogP contribution in [0, 0.1) is 5.82 Å². The lowest BCUT2D eigenvalue weighted by molar-refractivity contribution is 0.621. The number of benzene rings is 1. The molecule has 0 bridgehead atoms. The van der Waals surface area contributed by atoms with Crippen molar-refractivity contribution < 1.29 is 4.39 Å². The van der Waals surface area contributed by atoms with Crippen LogP contribution in [-0.2, 0) is 0 Å². The van der Waals surface area contributed by atoms with Gasteiger partial charge in [0.05, 0.1) is 0 Å². The Hall–Kier alpha value is -1.09. The average molecular weight is 180 g/mol. The maximum Gasteiger partial charge on any atom is 0.123 e. The molecule has 2 rings (SSSR count). The van der Waals surface area contributed by atoms with Gasteiger partial charge in [0.25, 0.3) is 0 Å². The van der Waals surface area contributed by atoms with E-state index in [1.54, 1.807) is 12.1 Å². The van der Waals surface area contributed by atoms with Gasteiger partial charge in [-0.3, -0.25) is 0 Å². The van der Waals surface area contributed by atoms with Gasteiger partial charge in [-0.25, -0.2) is 4.39 Å².